The topological polar surface area (TPSA) is 51.2 Å². The van der Waals surface area contributed by atoms with Crippen molar-refractivity contribution in [3.63, 3.8) is 0 Å². The van der Waals surface area contributed by atoms with Crippen molar-refractivity contribution < 1.29 is 19.0 Å². The highest BCUT2D eigenvalue weighted by atomic mass is 16.5. The lowest BCUT2D eigenvalue weighted by molar-refractivity contribution is -0.142. The van der Waals surface area contributed by atoms with Gasteiger partial charge in [0.15, 0.2) is 0 Å². The van der Waals surface area contributed by atoms with E-state index in [4.69, 9.17) is 14.2 Å². The van der Waals surface area contributed by atoms with Crippen molar-refractivity contribution in [1.29, 1.82) is 0 Å². The Bertz CT molecular complexity index is 529. The van der Waals surface area contributed by atoms with Crippen LogP contribution in [0.3, 0.4) is 0 Å². The minimum absolute atomic E-state index is 0.0230. The smallest absolute Gasteiger partial charge is 0.323 e. The molecule has 23 heavy (non-hydrogen) atoms. The van der Waals surface area contributed by atoms with E-state index in [1.807, 2.05) is 24.3 Å². The zero-order valence-electron chi connectivity index (χ0n) is 13.6. The molecule has 0 aromatic heterocycles. The van der Waals surface area contributed by atoms with E-state index in [0.29, 0.717) is 13.2 Å². The summed E-state index contributed by atoms with van der Waals surface area (Å²) in [4.78, 5) is 16.2. The molecule has 1 unspecified atom stereocenters. The highest BCUT2D eigenvalue weighted by Gasteiger charge is 2.33. The Labute approximate surface area is 136 Å². The Morgan fingerprint density at radius 2 is 2.00 bits per heavy atom. The molecule has 0 bridgehead atoms. The largest absolute Gasteiger partial charge is 0.497 e. The normalized spacial score (nSPS) is 22.8. The third kappa shape index (κ3) is 4.14. The Balaban J connectivity index is 1.38. The van der Waals surface area contributed by atoms with Gasteiger partial charge in [0, 0.05) is 45.2 Å². The summed E-state index contributed by atoms with van der Waals surface area (Å²) in [6.45, 7) is 5.87. The first-order valence-electron chi connectivity index (χ1n) is 8.16. The lowest BCUT2D eigenvalue weighted by Gasteiger charge is -2.36. The molecule has 2 saturated heterocycles. The number of cyclic esters (lactones) is 1. The van der Waals surface area contributed by atoms with Gasteiger partial charge in [0.25, 0.3) is 0 Å². The van der Waals surface area contributed by atoms with E-state index in [2.05, 4.69) is 9.80 Å². The van der Waals surface area contributed by atoms with Gasteiger partial charge in [-0.2, -0.15) is 0 Å². The van der Waals surface area contributed by atoms with Crippen LogP contribution in [0.25, 0.3) is 0 Å². The fraction of sp³-hybridized carbons (Fsp3) is 0.588. The molecule has 6 heteroatoms. The van der Waals surface area contributed by atoms with Crippen LogP contribution in [0.1, 0.15) is 6.42 Å². The van der Waals surface area contributed by atoms with Crippen LogP contribution in [0.5, 0.6) is 11.5 Å². The van der Waals surface area contributed by atoms with E-state index in [1.54, 1.807) is 7.11 Å². The number of esters is 1. The quantitative estimate of drug-likeness (QED) is 0.729. The van der Waals surface area contributed by atoms with Crippen molar-refractivity contribution in [3.05, 3.63) is 24.3 Å². The molecule has 1 atom stereocenters. The fourth-order valence-electron chi connectivity index (χ4n) is 3.10. The van der Waals surface area contributed by atoms with Crippen LogP contribution in [0.15, 0.2) is 24.3 Å². The summed E-state index contributed by atoms with van der Waals surface area (Å²) in [5.74, 6) is 1.58. The summed E-state index contributed by atoms with van der Waals surface area (Å²) < 4.78 is 16.0. The second kappa shape index (κ2) is 7.66. The van der Waals surface area contributed by atoms with Crippen molar-refractivity contribution in [2.45, 2.75) is 12.5 Å². The maximum absolute atomic E-state index is 11.6. The first-order chi connectivity index (χ1) is 11.3. The summed E-state index contributed by atoms with van der Waals surface area (Å²) in [6, 6.07) is 7.63. The van der Waals surface area contributed by atoms with Crippen LogP contribution >= 0.6 is 0 Å². The number of carbonyl (C=O) groups is 1. The molecule has 3 rings (SSSR count). The molecule has 2 heterocycles. The van der Waals surface area contributed by atoms with Crippen molar-refractivity contribution in [1.82, 2.24) is 9.80 Å². The first kappa shape index (κ1) is 16.1. The molecule has 2 aliphatic heterocycles. The number of hydrogen-bond donors (Lipinski definition) is 0. The number of hydrogen-bond acceptors (Lipinski definition) is 6. The molecule has 0 amide bonds. The van der Waals surface area contributed by atoms with Crippen LogP contribution < -0.4 is 9.47 Å². The van der Waals surface area contributed by atoms with Crippen molar-refractivity contribution >= 4 is 5.97 Å². The summed E-state index contributed by atoms with van der Waals surface area (Å²) in [7, 11) is 1.65. The van der Waals surface area contributed by atoms with Gasteiger partial charge in [0.1, 0.15) is 24.1 Å². The second-order valence-corrected chi connectivity index (χ2v) is 5.88. The molecule has 0 aliphatic carbocycles. The number of methoxy groups -OCH3 is 1. The van der Waals surface area contributed by atoms with E-state index in [1.165, 1.54) is 0 Å². The van der Waals surface area contributed by atoms with Gasteiger partial charge in [-0.15, -0.1) is 0 Å². The third-order valence-corrected chi connectivity index (χ3v) is 4.47. The summed E-state index contributed by atoms with van der Waals surface area (Å²) in [5.41, 5.74) is 0. The molecule has 6 nitrogen and oxygen atoms in total. The van der Waals surface area contributed by atoms with Gasteiger partial charge in [0.05, 0.1) is 13.7 Å². The molecule has 126 valence electrons. The van der Waals surface area contributed by atoms with Crippen molar-refractivity contribution in [2.75, 3.05) is 53.0 Å². The third-order valence-electron chi connectivity index (χ3n) is 4.47. The predicted molar refractivity (Wildman–Crippen MR) is 85.9 cm³/mol. The van der Waals surface area contributed by atoms with Gasteiger partial charge >= 0.3 is 5.97 Å². The number of rotatable bonds is 6. The van der Waals surface area contributed by atoms with Crippen molar-refractivity contribution in [2.24, 2.45) is 0 Å². The SMILES string of the molecule is COc1cccc(OCCN2CCN(C3CCOC3=O)CC2)c1. The monoisotopic (exact) mass is 320 g/mol. The zero-order chi connectivity index (χ0) is 16.1. The van der Waals surface area contributed by atoms with Gasteiger partial charge in [-0.25, -0.2) is 0 Å². The minimum Gasteiger partial charge on any atom is -0.497 e. The Morgan fingerprint density at radius 1 is 1.22 bits per heavy atom. The lowest BCUT2D eigenvalue weighted by Crippen LogP contribution is -2.52. The fourth-order valence-corrected chi connectivity index (χ4v) is 3.10. The molecule has 0 N–H and O–H groups in total. The Kier molecular flexibility index (Phi) is 5.35. The van der Waals surface area contributed by atoms with Crippen molar-refractivity contribution in [3.8, 4) is 11.5 Å². The van der Waals surface area contributed by atoms with Crippen LogP contribution in [0.2, 0.25) is 0 Å². The number of ether oxygens (including phenoxy) is 3. The summed E-state index contributed by atoms with van der Waals surface area (Å²) >= 11 is 0. The number of carbonyl (C=O) groups excluding carboxylic acids is 1. The van der Waals surface area contributed by atoms with E-state index >= 15 is 0 Å². The molecular formula is C17H24N2O4. The van der Waals surface area contributed by atoms with Gasteiger partial charge in [-0.05, 0) is 12.1 Å². The number of piperazine rings is 1. The summed E-state index contributed by atoms with van der Waals surface area (Å²) in [6.07, 6.45) is 0.831. The molecular weight excluding hydrogens is 296 g/mol. The van der Waals surface area contributed by atoms with E-state index in [9.17, 15) is 4.79 Å². The molecule has 0 radical (unpaired) electrons. The van der Waals surface area contributed by atoms with E-state index < -0.39 is 0 Å². The van der Waals surface area contributed by atoms with Crippen LogP contribution in [-0.2, 0) is 9.53 Å². The highest BCUT2D eigenvalue weighted by Crippen LogP contribution is 2.19. The molecule has 0 spiro atoms. The van der Waals surface area contributed by atoms with Crippen LogP contribution in [-0.4, -0.2) is 74.9 Å². The molecule has 0 saturated carbocycles. The molecule has 2 aliphatic rings. The maximum Gasteiger partial charge on any atom is 0.323 e. The number of benzene rings is 1. The predicted octanol–water partition coefficient (Wildman–Crippen LogP) is 1.01. The lowest BCUT2D eigenvalue weighted by atomic mass is 10.2. The van der Waals surface area contributed by atoms with E-state index in [-0.39, 0.29) is 12.0 Å². The average molecular weight is 320 g/mol. The molecule has 2 fully saturated rings. The van der Waals surface area contributed by atoms with E-state index in [0.717, 1.165) is 50.6 Å². The van der Waals surface area contributed by atoms with Gasteiger partial charge in [-0.1, -0.05) is 6.07 Å². The zero-order valence-corrected chi connectivity index (χ0v) is 13.6. The van der Waals surface area contributed by atoms with Gasteiger partial charge < -0.3 is 14.2 Å². The Hall–Kier alpha value is -1.79. The maximum atomic E-state index is 11.6. The second-order valence-electron chi connectivity index (χ2n) is 5.88. The first-order valence-corrected chi connectivity index (χ1v) is 8.16. The summed E-state index contributed by atoms with van der Waals surface area (Å²) in [5, 5.41) is 0. The van der Waals surface area contributed by atoms with Crippen LogP contribution in [0.4, 0.5) is 0 Å². The standard InChI is InChI=1S/C17H24N2O4/c1-21-14-3-2-4-15(13-14)22-12-10-18-6-8-19(9-7-18)16-5-11-23-17(16)20/h2-4,13,16H,5-12H2,1H3. The number of nitrogens with zero attached hydrogens (tertiary/aromatic N) is 2. The molecule has 1 aromatic rings. The minimum atomic E-state index is -0.0557. The van der Waals surface area contributed by atoms with Crippen LogP contribution in [0, 0.1) is 0 Å². The molecule has 1 aromatic carbocycles. The Morgan fingerprint density at radius 3 is 2.70 bits per heavy atom. The van der Waals surface area contributed by atoms with Gasteiger partial charge in [-0.3, -0.25) is 14.6 Å². The highest BCUT2D eigenvalue weighted by molar-refractivity contribution is 5.77. The van der Waals surface area contributed by atoms with Gasteiger partial charge in [0.2, 0.25) is 0 Å². The average Bonchev–Trinajstić information content (AvgIpc) is 3.02.